The van der Waals surface area contributed by atoms with Crippen LogP contribution in [-0.2, 0) is 0 Å². The Morgan fingerprint density at radius 2 is 1.87 bits per heavy atom. The summed E-state index contributed by atoms with van der Waals surface area (Å²) in [6.45, 7) is 11.5. The lowest BCUT2D eigenvalue weighted by molar-refractivity contribution is 0.340. The van der Waals surface area contributed by atoms with E-state index in [1.165, 1.54) is 17.0 Å². The fourth-order valence-corrected chi connectivity index (χ4v) is 5.06. The second kappa shape index (κ2) is 8.71. The molecule has 3 heterocycles. The van der Waals surface area contributed by atoms with Crippen molar-refractivity contribution < 1.29 is 4.74 Å². The van der Waals surface area contributed by atoms with E-state index >= 15 is 0 Å². The standard InChI is InChI=1S/C25H30N4OS/c1-6-30-20-12-10-19(11-13-20)29-24(21-15-17(4)28(16(2)3)18(21)5)23(27-25(29)31)22-9-7-8-14-26-22/h7-16,23-24H,6H2,1-5H3,(H,27,31)/t23-,24-/m0/s1. The minimum Gasteiger partial charge on any atom is -0.494 e. The van der Waals surface area contributed by atoms with Gasteiger partial charge in [-0.15, -0.1) is 0 Å². The van der Waals surface area contributed by atoms with E-state index in [1.54, 1.807) is 0 Å². The third-order valence-electron chi connectivity index (χ3n) is 5.88. The Bertz CT molecular complexity index is 1060. The number of nitrogens with one attached hydrogen (secondary N) is 1. The number of benzene rings is 1. The van der Waals surface area contributed by atoms with Crippen LogP contribution < -0.4 is 15.0 Å². The Labute approximate surface area is 190 Å². The van der Waals surface area contributed by atoms with Crippen LogP contribution in [0.4, 0.5) is 5.69 Å². The highest BCUT2D eigenvalue weighted by atomic mass is 32.1. The molecule has 0 amide bonds. The summed E-state index contributed by atoms with van der Waals surface area (Å²) < 4.78 is 8.03. The molecule has 1 aromatic carbocycles. The second-order valence-corrected chi connectivity index (χ2v) is 8.60. The van der Waals surface area contributed by atoms with Crippen LogP contribution >= 0.6 is 12.2 Å². The molecule has 1 fully saturated rings. The normalized spacial score (nSPS) is 18.5. The van der Waals surface area contributed by atoms with Gasteiger partial charge in [0.2, 0.25) is 0 Å². The maximum atomic E-state index is 5.84. The van der Waals surface area contributed by atoms with Crippen molar-refractivity contribution in [2.24, 2.45) is 0 Å². The molecule has 0 bridgehead atoms. The van der Waals surface area contributed by atoms with Crippen molar-refractivity contribution in [2.75, 3.05) is 11.5 Å². The molecule has 4 rings (SSSR count). The molecule has 5 nitrogen and oxygen atoms in total. The number of hydrogen-bond donors (Lipinski definition) is 1. The lowest BCUT2D eigenvalue weighted by Gasteiger charge is -2.28. The van der Waals surface area contributed by atoms with Crippen LogP contribution in [0.15, 0.2) is 54.7 Å². The van der Waals surface area contributed by atoms with Gasteiger partial charge in [0.15, 0.2) is 5.11 Å². The van der Waals surface area contributed by atoms with E-state index in [2.05, 4.69) is 71.7 Å². The molecule has 31 heavy (non-hydrogen) atoms. The minimum atomic E-state index is -0.0404. The number of nitrogens with zero attached hydrogens (tertiary/aromatic N) is 3. The fourth-order valence-electron chi connectivity index (χ4n) is 4.72. The summed E-state index contributed by atoms with van der Waals surface area (Å²) in [7, 11) is 0. The van der Waals surface area contributed by atoms with Crippen LogP contribution in [0.1, 0.15) is 61.5 Å². The van der Waals surface area contributed by atoms with Crippen molar-refractivity contribution in [3.8, 4) is 5.75 Å². The topological polar surface area (TPSA) is 42.3 Å². The third kappa shape index (κ3) is 3.92. The van der Waals surface area contributed by atoms with Crippen LogP contribution in [0, 0.1) is 13.8 Å². The molecule has 2 aromatic heterocycles. The molecule has 0 spiro atoms. The van der Waals surface area contributed by atoms with Crippen LogP contribution in [0.3, 0.4) is 0 Å². The number of thiocarbonyl (C=S) groups is 1. The van der Waals surface area contributed by atoms with Crippen molar-refractivity contribution >= 4 is 23.0 Å². The van der Waals surface area contributed by atoms with Gasteiger partial charge in [0.1, 0.15) is 5.75 Å². The molecule has 162 valence electrons. The monoisotopic (exact) mass is 434 g/mol. The predicted molar refractivity (Wildman–Crippen MR) is 130 cm³/mol. The largest absolute Gasteiger partial charge is 0.494 e. The van der Waals surface area contributed by atoms with Crippen LogP contribution in [-0.4, -0.2) is 21.3 Å². The number of aryl methyl sites for hydroxylation is 1. The van der Waals surface area contributed by atoms with Crippen molar-refractivity contribution in [1.82, 2.24) is 14.9 Å². The average molecular weight is 435 g/mol. The number of pyridine rings is 1. The zero-order chi connectivity index (χ0) is 22.1. The highest BCUT2D eigenvalue weighted by molar-refractivity contribution is 7.80. The molecule has 1 aliphatic rings. The van der Waals surface area contributed by atoms with Gasteiger partial charge in [-0.2, -0.15) is 0 Å². The summed E-state index contributed by atoms with van der Waals surface area (Å²) >= 11 is 5.84. The molecule has 0 aliphatic carbocycles. The molecule has 1 aliphatic heterocycles. The van der Waals surface area contributed by atoms with Crippen molar-refractivity contribution in [2.45, 2.75) is 52.7 Å². The molecule has 6 heteroatoms. The summed E-state index contributed by atoms with van der Waals surface area (Å²) in [5, 5.41) is 4.25. The first-order valence-corrected chi connectivity index (χ1v) is 11.2. The van der Waals surface area contributed by atoms with Crippen molar-refractivity contribution in [3.63, 3.8) is 0 Å². The molecule has 0 saturated carbocycles. The third-order valence-corrected chi connectivity index (χ3v) is 6.20. The van der Waals surface area contributed by atoms with Crippen LogP contribution in [0.5, 0.6) is 5.75 Å². The smallest absolute Gasteiger partial charge is 0.174 e. The number of aromatic nitrogens is 2. The first-order valence-electron chi connectivity index (χ1n) is 10.8. The number of hydrogen-bond acceptors (Lipinski definition) is 3. The second-order valence-electron chi connectivity index (χ2n) is 8.21. The molecule has 0 unspecified atom stereocenters. The highest BCUT2D eigenvalue weighted by Crippen LogP contribution is 2.43. The number of ether oxygens (including phenoxy) is 1. The van der Waals surface area contributed by atoms with Crippen molar-refractivity contribution in [1.29, 1.82) is 0 Å². The van der Waals surface area contributed by atoms with Crippen LogP contribution in [0.2, 0.25) is 0 Å². The average Bonchev–Trinajstić information content (AvgIpc) is 3.25. The number of rotatable bonds is 6. The minimum absolute atomic E-state index is 0.000886. The van der Waals surface area contributed by atoms with E-state index in [-0.39, 0.29) is 12.1 Å². The Balaban J connectivity index is 1.84. The van der Waals surface area contributed by atoms with E-state index in [4.69, 9.17) is 17.0 Å². The van der Waals surface area contributed by atoms with Crippen LogP contribution in [0.25, 0.3) is 0 Å². The maximum Gasteiger partial charge on any atom is 0.174 e. The lowest BCUT2D eigenvalue weighted by Crippen LogP contribution is -2.29. The summed E-state index contributed by atoms with van der Waals surface area (Å²) in [5.74, 6) is 0.861. The fraction of sp³-hybridized carbons (Fsp3) is 0.360. The summed E-state index contributed by atoms with van der Waals surface area (Å²) in [5.41, 5.74) is 5.81. The Morgan fingerprint density at radius 1 is 1.13 bits per heavy atom. The van der Waals surface area contributed by atoms with Gasteiger partial charge >= 0.3 is 0 Å². The number of anilines is 1. The van der Waals surface area contributed by atoms with Gasteiger partial charge < -0.3 is 19.5 Å². The molecule has 2 atom stereocenters. The van der Waals surface area contributed by atoms with E-state index in [0.29, 0.717) is 17.8 Å². The van der Waals surface area contributed by atoms with Gasteiger partial charge in [0, 0.05) is 29.3 Å². The Morgan fingerprint density at radius 3 is 2.45 bits per heavy atom. The first kappa shape index (κ1) is 21.4. The SMILES string of the molecule is CCOc1ccc(N2C(=S)N[C@@H](c3ccccn3)[C@@H]2c2cc(C)n(C(C)C)c2C)cc1. The maximum absolute atomic E-state index is 5.84. The molecular formula is C25H30N4OS. The van der Waals surface area contributed by atoms with Crippen molar-refractivity contribution in [3.05, 3.63) is 77.4 Å². The van der Waals surface area contributed by atoms with Gasteiger partial charge in [0.05, 0.1) is 24.4 Å². The summed E-state index contributed by atoms with van der Waals surface area (Å²) in [6.07, 6.45) is 1.84. The predicted octanol–water partition coefficient (Wildman–Crippen LogP) is 5.66. The first-order chi connectivity index (χ1) is 14.9. The molecule has 1 saturated heterocycles. The Hall–Kier alpha value is -2.86. The van der Waals surface area contributed by atoms with E-state index in [1.807, 2.05) is 37.4 Å². The Kier molecular flexibility index (Phi) is 6.01. The van der Waals surface area contributed by atoms with E-state index < -0.39 is 0 Å². The molecule has 3 aromatic rings. The highest BCUT2D eigenvalue weighted by Gasteiger charge is 2.42. The van der Waals surface area contributed by atoms with Gasteiger partial charge in [-0.3, -0.25) is 4.98 Å². The van der Waals surface area contributed by atoms with Gasteiger partial charge in [-0.1, -0.05) is 6.07 Å². The van der Waals surface area contributed by atoms with E-state index in [0.717, 1.165) is 17.1 Å². The quantitative estimate of drug-likeness (QED) is 0.507. The lowest BCUT2D eigenvalue weighted by atomic mass is 9.96. The zero-order valence-corrected chi connectivity index (χ0v) is 19.6. The van der Waals surface area contributed by atoms with Gasteiger partial charge in [-0.25, -0.2) is 0 Å². The van der Waals surface area contributed by atoms with E-state index in [9.17, 15) is 0 Å². The zero-order valence-electron chi connectivity index (χ0n) is 18.8. The van der Waals surface area contributed by atoms with Gasteiger partial charge in [-0.05, 0) is 94.9 Å². The molecule has 0 radical (unpaired) electrons. The summed E-state index contributed by atoms with van der Waals surface area (Å²) in [6, 6.07) is 16.9. The van der Waals surface area contributed by atoms with Gasteiger partial charge in [0.25, 0.3) is 0 Å². The molecule has 1 N–H and O–H groups in total. The summed E-state index contributed by atoms with van der Waals surface area (Å²) in [4.78, 5) is 6.88. The molecular weight excluding hydrogens is 404 g/mol.